The van der Waals surface area contributed by atoms with E-state index in [0.29, 0.717) is 5.56 Å². The minimum absolute atomic E-state index is 0.0994. The fourth-order valence-electron chi connectivity index (χ4n) is 3.12. The third kappa shape index (κ3) is 5.14. The maximum Gasteiger partial charge on any atom is 0.358 e. The van der Waals surface area contributed by atoms with Crippen LogP contribution in [0.3, 0.4) is 0 Å². The Kier molecular flexibility index (Phi) is 7.26. The second kappa shape index (κ2) is 10.5. The molecule has 0 amide bonds. The van der Waals surface area contributed by atoms with Gasteiger partial charge < -0.3 is 15.1 Å². The highest BCUT2D eigenvalue weighted by molar-refractivity contribution is 5.90. The van der Waals surface area contributed by atoms with E-state index in [-0.39, 0.29) is 18.1 Å². The number of carboxylic acids is 1. The number of aromatic carboxylic acids is 1. The third-order valence-electron chi connectivity index (χ3n) is 4.63. The Morgan fingerprint density at radius 3 is 2.31 bits per heavy atom. The van der Waals surface area contributed by atoms with Crippen molar-refractivity contribution in [2.45, 2.75) is 13.5 Å². The minimum Gasteiger partial charge on any atom is -0.486 e. The van der Waals surface area contributed by atoms with E-state index in [1.807, 2.05) is 73.8 Å². The summed E-state index contributed by atoms with van der Waals surface area (Å²) in [5, 5.41) is 21.8. The van der Waals surface area contributed by atoms with Gasteiger partial charge in [-0.25, -0.2) is 14.5 Å². The molecule has 162 valence electrons. The van der Waals surface area contributed by atoms with Gasteiger partial charge in [0.15, 0.2) is 16.8 Å². The molecule has 4 rings (SSSR count). The van der Waals surface area contributed by atoms with Gasteiger partial charge in [-0.15, -0.1) is 4.91 Å². The number of carboxylic acid groups (broad SMARTS) is 1. The van der Waals surface area contributed by atoms with Crippen LogP contribution < -0.4 is 4.74 Å². The van der Waals surface area contributed by atoms with E-state index in [1.54, 1.807) is 17.1 Å². The van der Waals surface area contributed by atoms with Crippen LogP contribution >= 0.6 is 0 Å². The van der Waals surface area contributed by atoms with E-state index in [9.17, 15) is 9.90 Å². The number of pyridine rings is 1. The van der Waals surface area contributed by atoms with E-state index in [1.165, 1.54) is 5.34 Å². The third-order valence-corrected chi connectivity index (χ3v) is 4.63. The quantitative estimate of drug-likeness (QED) is 0.335. The smallest absolute Gasteiger partial charge is 0.358 e. The molecule has 0 spiro atoms. The molecule has 9 heteroatoms. The van der Waals surface area contributed by atoms with Crippen LogP contribution in [0.1, 0.15) is 21.6 Å². The largest absolute Gasteiger partial charge is 0.486 e. The molecule has 0 bridgehead atoms. The Morgan fingerprint density at radius 2 is 1.69 bits per heavy atom. The summed E-state index contributed by atoms with van der Waals surface area (Å²) >= 11 is 0. The topological polar surface area (TPSA) is 127 Å². The van der Waals surface area contributed by atoms with E-state index in [2.05, 4.69) is 10.1 Å². The monoisotopic (exact) mass is 432 g/mol. The highest BCUT2D eigenvalue weighted by atomic mass is 16.6. The Balaban J connectivity index is 0.000000913. The van der Waals surface area contributed by atoms with E-state index in [4.69, 9.17) is 14.9 Å². The van der Waals surface area contributed by atoms with Crippen LogP contribution in [0.15, 0.2) is 84.6 Å². The second-order valence-corrected chi connectivity index (χ2v) is 6.64. The van der Waals surface area contributed by atoms with Gasteiger partial charge in [0.1, 0.15) is 6.61 Å². The van der Waals surface area contributed by atoms with Crippen LogP contribution in [-0.2, 0) is 6.61 Å². The van der Waals surface area contributed by atoms with Gasteiger partial charge in [-0.2, -0.15) is 5.10 Å². The molecule has 2 N–H and O–H groups in total. The summed E-state index contributed by atoms with van der Waals surface area (Å²) in [5.74, 6) is -0.853. The number of carbonyl (C=O) groups is 1. The summed E-state index contributed by atoms with van der Waals surface area (Å²) in [6.45, 7) is 2.10. The van der Waals surface area contributed by atoms with E-state index in [0.717, 1.165) is 22.4 Å². The Hall–Kier alpha value is -4.53. The molecule has 2 aromatic carbocycles. The molecule has 2 aromatic heterocycles. The average molecular weight is 432 g/mol. The van der Waals surface area contributed by atoms with Crippen molar-refractivity contribution in [3.05, 3.63) is 101 Å². The summed E-state index contributed by atoms with van der Waals surface area (Å²) in [6, 6.07) is 19.4. The second-order valence-electron chi connectivity index (χ2n) is 6.64. The number of hydrogen-bond acceptors (Lipinski definition) is 6. The fraction of sp³-hybridized carbons (Fsp3) is 0.0870. The van der Waals surface area contributed by atoms with Gasteiger partial charge in [0.2, 0.25) is 0 Å². The number of benzene rings is 2. The van der Waals surface area contributed by atoms with Crippen LogP contribution in [0.2, 0.25) is 0 Å². The molecule has 0 saturated heterocycles. The first kappa shape index (κ1) is 22.2. The molecule has 0 fully saturated rings. The van der Waals surface area contributed by atoms with Crippen molar-refractivity contribution in [1.82, 2.24) is 14.8 Å². The van der Waals surface area contributed by atoms with Gasteiger partial charge in [0.05, 0.1) is 11.9 Å². The minimum atomic E-state index is -1.12. The number of nitrogens with zero attached hydrogens (tertiary/aromatic N) is 4. The van der Waals surface area contributed by atoms with Gasteiger partial charge in [0.25, 0.3) is 0 Å². The zero-order chi connectivity index (χ0) is 22.9. The molecule has 32 heavy (non-hydrogen) atoms. The van der Waals surface area contributed by atoms with Gasteiger partial charge >= 0.3 is 5.97 Å². The SMILES string of the molecule is Cc1c(-c2cnn(-c3ccccc3)c2)cnc(C(=O)O)c1OCc1ccccc1.O=NO. The Morgan fingerprint density at radius 1 is 1.06 bits per heavy atom. The zero-order valence-electron chi connectivity index (χ0n) is 17.1. The number of ether oxygens (including phenoxy) is 1. The lowest BCUT2D eigenvalue weighted by Crippen LogP contribution is -2.08. The first-order valence-electron chi connectivity index (χ1n) is 9.52. The average Bonchev–Trinajstić information content (AvgIpc) is 3.30. The van der Waals surface area contributed by atoms with Crippen molar-refractivity contribution in [3.63, 3.8) is 0 Å². The highest BCUT2D eigenvalue weighted by Gasteiger charge is 2.20. The molecule has 9 nitrogen and oxygen atoms in total. The normalized spacial score (nSPS) is 10.0. The van der Waals surface area contributed by atoms with Crippen molar-refractivity contribution in [3.8, 4) is 22.6 Å². The molecular weight excluding hydrogens is 412 g/mol. The lowest BCUT2D eigenvalue weighted by atomic mass is 10.0. The van der Waals surface area contributed by atoms with Crippen molar-refractivity contribution < 1.29 is 19.8 Å². The van der Waals surface area contributed by atoms with Crippen molar-refractivity contribution in [2.75, 3.05) is 0 Å². The molecule has 0 aliphatic heterocycles. The molecule has 0 aliphatic carbocycles. The maximum absolute atomic E-state index is 11.7. The Bertz CT molecular complexity index is 1190. The predicted molar refractivity (Wildman–Crippen MR) is 117 cm³/mol. The predicted octanol–water partition coefficient (Wildman–Crippen LogP) is 4.66. The van der Waals surface area contributed by atoms with Gasteiger partial charge in [-0.1, -0.05) is 48.5 Å². The van der Waals surface area contributed by atoms with Crippen molar-refractivity contribution >= 4 is 5.97 Å². The summed E-state index contributed by atoms with van der Waals surface area (Å²) in [6.07, 6.45) is 5.18. The van der Waals surface area contributed by atoms with Crippen LogP contribution in [0.5, 0.6) is 5.75 Å². The summed E-state index contributed by atoms with van der Waals surface area (Å²) < 4.78 is 7.67. The zero-order valence-corrected chi connectivity index (χ0v) is 17.1. The van der Waals surface area contributed by atoms with E-state index < -0.39 is 5.97 Å². The summed E-state index contributed by atoms with van der Waals surface area (Å²) in [7, 11) is 0. The number of para-hydroxylation sites is 1. The molecule has 0 atom stereocenters. The maximum atomic E-state index is 11.7. The standard InChI is InChI=1S/C23H19N3O3.HNO2/c1-16-20(18-12-25-26(14-18)19-10-6-3-7-11-19)13-24-21(23(27)28)22(16)29-15-17-8-4-2-5-9-17;2-1-3/h2-14H,15H2,1H3,(H,27,28);(H,2,3). The molecule has 0 radical (unpaired) electrons. The number of hydrogen-bond donors (Lipinski definition) is 2. The lowest BCUT2D eigenvalue weighted by Gasteiger charge is -2.14. The Labute approximate surface area is 183 Å². The molecule has 4 aromatic rings. The lowest BCUT2D eigenvalue weighted by molar-refractivity contribution is 0.0684. The molecule has 2 heterocycles. The first-order chi connectivity index (χ1) is 15.5. The number of rotatable bonds is 6. The molecule has 0 aliphatic rings. The number of aromatic nitrogens is 3. The first-order valence-corrected chi connectivity index (χ1v) is 9.52. The molecule has 0 unspecified atom stereocenters. The van der Waals surface area contributed by atoms with Gasteiger partial charge in [-0.3, -0.25) is 0 Å². The fourth-order valence-corrected chi connectivity index (χ4v) is 3.12. The van der Waals surface area contributed by atoms with Crippen LogP contribution in [0.25, 0.3) is 16.8 Å². The van der Waals surface area contributed by atoms with Crippen LogP contribution in [-0.4, -0.2) is 31.0 Å². The summed E-state index contributed by atoms with van der Waals surface area (Å²) in [5.41, 5.74) is 4.11. The van der Waals surface area contributed by atoms with Crippen LogP contribution in [0, 0.1) is 11.8 Å². The molecule has 0 saturated carbocycles. The van der Waals surface area contributed by atoms with Crippen molar-refractivity contribution in [1.29, 1.82) is 0 Å². The van der Waals surface area contributed by atoms with Crippen LogP contribution in [0.4, 0.5) is 0 Å². The van der Waals surface area contributed by atoms with Crippen molar-refractivity contribution in [2.24, 2.45) is 5.34 Å². The summed E-state index contributed by atoms with van der Waals surface area (Å²) in [4.78, 5) is 23.9. The van der Waals surface area contributed by atoms with Gasteiger partial charge in [-0.05, 0) is 24.6 Å². The van der Waals surface area contributed by atoms with E-state index >= 15 is 0 Å². The highest BCUT2D eigenvalue weighted by Crippen LogP contribution is 2.32. The van der Waals surface area contributed by atoms with Gasteiger partial charge in [0, 0.05) is 29.1 Å². The molecular formula is C23H20N4O5.